The molecule has 17 heteroatoms. The van der Waals surface area contributed by atoms with Gasteiger partial charge in [-0.1, -0.05) is 0 Å². The SMILES string of the molecule is COc1cc(O[C@H]2O[C@@H](CO[C@@H]3O[C@@H](C)[C@H](O)[C@@H](O)[C@H]3O)[C@H](O)[C@@H](O)[C@@H]2O[C@@H]2OC[C@@H](O)[C@H](O)[C@H]2O)cc(OC)c1OC. The second kappa shape index (κ2) is 14.3. The van der Waals surface area contributed by atoms with Crippen LogP contribution in [-0.4, -0.2) is 161 Å². The van der Waals surface area contributed by atoms with Crippen LogP contribution in [0.15, 0.2) is 12.1 Å². The van der Waals surface area contributed by atoms with Crippen LogP contribution in [0.3, 0.4) is 0 Å². The molecule has 0 radical (unpaired) electrons. The van der Waals surface area contributed by atoms with Gasteiger partial charge in [0.1, 0.15) is 60.7 Å². The maximum Gasteiger partial charge on any atom is 0.229 e. The Balaban J connectivity index is 1.57. The Morgan fingerprint density at radius 2 is 1.33 bits per heavy atom. The summed E-state index contributed by atoms with van der Waals surface area (Å²) in [6.07, 6.45) is -21.1. The van der Waals surface area contributed by atoms with E-state index in [1.54, 1.807) is 0 Å². The second-order valence-corrected chi connectivity index (χ2v) is 10.4. The molecule has 3 fully saturated rings. The van der Waals surface area contributed by atoms with Crippen molar-refractivity contribution >= 4 is 0 Å². The van der Waals surface area contributed by atoms with Gasteiger partial charge in [0.25, 0.3) is 0 Å². The van der Waals surface area contributed by atoms with Gasteiger partial charge in [-0.15, -0.1) is 0 Å². The van der Waals surface area contributed by atoms with E-state index < -0.39 is 99.2 Å². The predicted molar refractivity (Wildman–Crippen MR) is 138 cm³/mol. The highest BCUT2D eigenvalue weighted by Gasteiger charge is 2.51. The van der Waals surface area contributed by atoms with Gasteiger partial charge in [-0.2, -0.15) is 0 Å². The zero-order chi connectivity index (χ0) is 31.6. The van der Waals surface area contributed by atoms with Gasteiger partial charge in [0, 0.05) is 12.1 Å². The second-order valence-electron chi connectivity index (χ2n) is 10.4. The summed E-state index contributed by atoms with van der Waals surface area (Å²) in [6.45, 7) is 0.574. The summed E-state index contributed by atoms with van der Waals surface area (Å²) >= 11 is 0. The van der Waals surface area contributed by atoms with Crippen molar-refractivity contribution in [2.45, 2.75) is 92.9 Å². The number of hydrogen-bond acceptors (Lipinski definition) is 17. The number of aliphatic hydroxyl groups is 8. The molecule has 3 saturated heterocycles. The zero-order valence-corrected chi connectivity index (χ0v) is 23.9. The van der Waals surface area contributed by atoms with Crippen LogP contribution in [0.1, 0.15) is 6.92 Å². The molecule has 246 valence electrons. The van der Waals surface area contributed by atoms with E-state index in [1.165, 1.54) is 40.4 Å². The number of rotatable bonds is 10. The number of methoxy groups -OCH3 is 3. The van der Waals surface area contributed by atoms with Crippen LogP contribution in [0, 0.1) is 0 Å². The third-order valence-corrected chi connectivity index (χ3v) is 7.51. The van der Waals surface area contributed by atoms with Gasteiger partial charge < -0.3 is 83.5 Å². The van der Waals surface area contributed by atoms with E-state index in [9.17, 15) is 40.9 Å². The first-order valence-electron chi connectivity index (χ1n) is 13.5. The van der Waals surface area contributed by atoms with Crippen molar-refractivity contribution in [3.8, 4) is 23.0 Å². The molecule has 3 heterocycles. The molecular weight excluding hydrogens is 584 g/mol. The van der Waals surface area contributed by atoms with Gasteiger partial charge in [0.15, 0.2) is 30.2 Å². The van der Waals surface area contributed by atoms with Crippen LogP contribution >= 0.6 is 0 Å². The molecule has 3 aliphatic heterocycles. The molecule has 0 aliphatic carbocycles. The molecule has 8 N–H and O–H groups in total. The molecule has 17 nitrogen and oxygen atoms in total. The minimum absolute atomic E-state index is 0.0777. The number of hydrogen-bond donors (Lipinski definition) is 8. The third kappa shape index (κ3) is 7.09. The van der Waals surface area contributed by atoms with Crippen molar-refractivity contribution in [2.75, 3.05) is 34.5 Å². The van der Waals surface area contributed by atoms with E-state index in [2.05, 4.69) is 0 Å². The minimum Gasteiger partial charge on any atom is -0.493 e. The van der Waals surface area contributed by atoms with Crippen LogP contribution in [0.25, 0.3) is 0 Å². The molecule has 43 heavy (non-hydrogen) atoms. The van der Waals surface area contributed by atoms with Crippen molar-refractivity contribution < 1.29 is 83.5 Å². The monoisotopic (exact) mass is 624 g/mol. The van der Waals surface area contributed by atoms with Gasteiger partial charge in [-0.3, -0.25) is 0 Å². The molecule has 1 aromatic rings. The average molecular weight is 625 g/mol. The Morgan fingerprint density at radius 3 is 1.93 bits per heavy atom. The standard InChI is InChI=1S/C26H40O17/c1-9-15(28)18(31)21(34)24(40-9)39-8-14-17(30)19(32)23(43-25-20(33)16(29)11(27)7-38-25)26(42-14)41-10-5-12(35-2)22(37-4)13(6-10)36-3/h5-6,9,11,14-21,23-34H,7-8H2,1-4H3/t9-,11+,14-,15-,16-,17-,18+,19+,20+,21+,23-,24+,25-,26-/m0/s1. The predicted octanol–water partition coefficient (Wildman–Crippen LogP) is -3.79. The summed E-state index contributed by atoms with van der Waals surface area (Å²) in [5.74, 6) is 0.767. The molecule has 1 aromatic carbocycles. The van der Waals surface area contributed by atoms with Crippen molar-refractivity contribution in [2.24, 2.45) is 0 Å². The van der Waals surface area contributed by atoms with Gasteiger partial charge >= 0.3 is 0 Å². The minimum atomic E-state index is -1.77. The smallest absolute Gasteiger partial charge is 0.229 e. The molecule has 0 amide bonds. The molecule has 0 spiro atoms. The van der Waals surface area contributed by atoms with Crippen LogP contribution < -0.4 is 18.9 Å². The molecule has 4 rings (SSSR count). The molecule has 0 unspecified atom stereocenters. The Labute approximate surface area is 246 Å². The van der Waals surface area contributed by atoms with Crippen LogP contribution in [0.2, 0.25) is 0 Å². The van der Waals surface area contributed by atoms with Gasteiger partial charge in [0.05, 0.1) is 40.6 Å². The van der Waals surface area contributed by atoms with E-state index in [0.717, 1.165) is 0 Å². The van der Waals surface area contributed by atoms with E-state index in [4.69, 9.17) is 42.6 Å². The highest BCUT2D eigenvalue weighted by atomic mass is 16.8. The molecule has 0 bridgehead atoms. The fourth-order valence-electron chi connectivity index (χ4n) is 4.94. The van der Waals surface area contributed by atoms with Crippen molar-refractivity contribution in [3.63, 3.8) is 0 Å². The fourth-order valence-corrected chi connectivity index (χ4v) is 4.94. The summed E-state index contributed by atoms with van der Waals surface area (Å²) in [5.41, 5.74) is 0. The summed E-state index contributed by atoms with van der Waals surface area (Å²) in [4.78, 5) is 0. The first kappa shape index (κ1) is 33.8. The van der Waals surface area contributed by atoms with Crippen LogP contribution in [-0.2, 0) is 23.7 Å². The van der Waals surface area contributed by atoms with Gasteiger partial charge in [-0.25, -0.2) is 0 Å². The van der Waals surface area contributed by atoms with E-state index in [-0.39, 0.29) is 23.0 Å². The maximum atomic E-state index is 11.1. The highest BCUT2D eigenvalue weighted by molar-refractivity contribution is 5.55. The van der Waals surface area contributed by atoms with Crippen LogP contribution in [0.5, 0.6) is 23.0 Å². The lowest BCUT2D eigenvalue weighted by Gasteiger charge is -2.45. The molecule has 14 atom stereocenters. The normalized spacial score (nSPS) is 41.9. The largest absolute Gasteiger partial charge is 0.493 e. The number of ether oxygens (including phenoxy) is 9. The third-order valence-electron chi connectivity index (χ3n) is 7.51. The fraction of sp³-hybridized carbons (Fsp3) is 0.769. The topological polar surface area (TPSA) is 245 Å². The molecular formula is C26H40O17. The summed E-state index contributed by atoms with van der Waals surface area (Å²) < 4.78 is 49.9. The molecule has 0 aromatic heterocycles. The van der Waals surface area contributed by atoms with Crippen molar-refractivity contribution in [1.29, 1.82) is 0 Å². The van der Waals surface area contributed by atoms with Gasteiger partial charge in [0.2, 0.25) is 12.0 Å². The molecule has 3 aliphatic rings. The lowest BCUT2D eigenvalue weighted by atomic mass is 9.98. The highest BCUT2D eigenvalue weighted by Crippen LogP contribution is 2.42. The maximum absolute atomic E-state index is 11.1. The number of aliphatic hydroxyl groups excluding tert-OH is 8. The van der Waals surface area contributed by atoms with Crippen molar-refractivity contribution in [1.82, 2.24) is 0 Å². The van der Waals surface area contributed by atoms with E-state index in [1.807, 2.05) is 0 Å². The van der Waals surface area contributed by atoms with Gasteiger partial charge in [-0.05, 0) is 6.92 Å². The summed E-state index contributed by atoms with van der Waals surface area (Å²) in [6, 6.07) is 2.86. The Morgan fingerprint density at radius 1 is 0.698 bits per heavy atom. The Kier molecular flexibility index (Phi) is 11.3. The zero-order valence-electron chi connectivity index (χ0n) is 23.9. The van der Waals surface area contributed by atoms with Crippen molar-refractivity contribution in [3.05, 3.63) is 12.1 Å². The Hall–Kier alpha value is -2.10. The van der Waals surface area contributed by atoms with Crippen LogP contribution in [0.4, 0.5) is 0 Å². The summed E-state index contributed by atoms with van der Waals surface area (Å²) in [7, 11) is 4.18. The average Bonchev–Trinajstić information content (AvgIpc) is 3.00. The summed E-state index contributed by atoms with van der Waals surface area (Å²) in [5, 5.41) is 82.6. The lowest BCUT2D eigenvalue weighted by molar-refractivity contribution is -0.352. The quantitative estimate of drug-likeness (QED) is 0.124. The van der Waals surface area contributed by atoms with E-state index >= 15 is 0 Å². The van der Waals surface area contributed by atoms with E-state index in [0.29, 0.717) is 0 Å². The first-order valence-corrected chi connectivity index (χ1v) is 13.5. The lowest BCUT2D eigenvalue weighted by Crippen LogP contribution is -2.64. The number of benzene rings is 1. The Bertz CT molecular complexity index is 1020. The first-order chi connectivity index (χ1) is 20.4. The molecule has 0 saturated carbocycles.